The molecule has 1 aromatic rings. The molecule has 2 atom stereocenters. The Hall–Kier alpha value is -3.35. The number of hydrogen-bond donors (Lipinski definition) is 1. The van der Waals surface area contributed by atoms with Crippen LogP contribution in [0.5, 0.6) is 5.75 Å². The van der Waals surface area contributed by atoms with Crippen molar-refractivity contribution in [3.05, 3.63) is 64.4 Å². The average molecular weight is 464 g/mol. The summed E-state index contributed by atoms with van der Waals surface area (Å²) in [6, 6.07) is 5.91. The summed E-state index contributed by atoms with van der Waals surface area (Å²) in [5.41, 5.74) is 5.75. The Morgan fingerprint density at radius 1 is 1.32 bits per heavy atom. The van der Waals surface area contributed by atoms with Crippen LogP contribution in [0.15, 0.2) is 58.4 Å². The lowest BCUT2D eigenvalue weighted by molar-refractivity contribution is -0.125. The summed E-state index contributed by atoms with van der Waals surface area (Å²) in [5.74, 6) is 0.772. The number of hydrogen-bond acceptors (Lipinski definition) is 5. The van der Waals surface area contributed by atoms with Crippen molar-refractivity contribution in [2.75, 3.05) is 20.3 Å². The minimum atomic E-state index is -0.124. The van der Waals surface area contributed by atoms with Crippen molar-refractivity contribution in [3.63, 3.8) is 0 Å². The Kier molecular flexibility index (Phi) is 6.91. The molecule has 1 N–H and O–H groups in total. The van der Waals surface area contributed by atoms with E-state index >= 15 is 0 Å². The molecule has 1 saturated heterocycles. The fraction of sp³-hybridized carbons (Fsp3) is 0.444. The maximum absolute atomic E-state index is 13.4. The predicted octanol–water partition coefficient (Wildman–Crippen LogP) is 4.01. The molecule has 0 aromatic heterocycles. The van der Waals surface area contributed by atoms with Gasteiger partial charge in [-0.25, -0.2) is 0 Å². The highest BCUT2D eigenvalue weighted by Gasteiger charge is 2.49. The van der Waals surface area contributed by atoms with Gasteiger partial charge in [-0.15, -0.1) is 0 Å². The fourth-order valence-electron chi connectivity index (χ4n) is 5.07. The van der Waals surface area contributed by atoms with Gasteiger partial charge >= 0.3 is 0 Å². The van der Waals surface area contributed by atoms with Crippen LogP contribution in [0.2, 0.25) is 0 Å². The lowest BCUT2D eigenvalue weighted by atomic mass is 9.82. The maximum Gasteiger partial charge on any atom is 0.259 e. The van der Waals surface area contributed by atoms with Gasteiger partial charge < -0.3 is 19.8 Å². The molecule has 34 heavy (non-hydrogen) atoms. The van der Waals surface area contributed by atoms with Crippen molar-refractivity contribution < 1.29 is 19.2 Å². The Labute approximate surface area is 201 Å². The maximum atomic E-state index is 13.4. The number of ether oxygens (including phenoxy) is 1. The zero-order valence-corrected chi connectivity index (χ0v) is 20.6. The molecule has 0 saturated carbocycles. The molecule has 2 unspecified atom stereocenters. The van der Waals surface area contributed by atoms with E-state index in [-0.39, 0.29) is 36.3 Å². The first kappa shape index (κ1) is 23.8. The number of aryl methyl sites for hydroxylation is 1. The average Bonchev–Trinajstić information content (AvgIpc) is 3.32. The summed E-state index contributed by atoms with van der Waals surface area (Å²) in [4.78, 5) is 32.4. The standard InChI is InChI=1S/C27H33N3O4/c1-6-12-28-24(31)15-34-23-11-10-18(13-17(23)4)19-8-7-9-20-25(19)22-14-21(29-33-5)26(16(2)3)30(22)27(20)32/h7-11,13,16,19,26H,6,12,14-15H2,1-5H3,(H,28,31). The van der Waals surface area contributed by atoms with Gasteiger partial charge in [0.1, 0.15) is 12.9 Å². The topological polar surface area (TPSA) is 80.2 Å². The van der Waals surface area contributed by atoms with E-state index in [1.54, 1.807) is 7.11 Å². The van der Waals surface area contributed by atoms with Crippen molar-refractivity contribution in [1.82, 2.24) is 10.2 Å². The molecular weight excluding hydrogens is 430 g/mol. The van der Waals surface area contributed by atoms with Gasteiger partial charge in [0.05, 0.1) is 11.8 Å². The largest absolute Gasteiger partial charge is 0.484 e. The fourth-order valence-corrected chi connectivity index (χ4v) is 5.07. The predicted molar refractivity (Wildman–Crippen MR) is 131 cm³/mol. The lowest BCUT2D eigenvalue weighted by Gasteiger charge is -2.25. The van der Waals surface area contributed by atoms with Crippen LogP contribution >= 0.6 is 0 Å². The van der Waals surface area contributed by atoms with Gasteiger partial charge in [0.2, 0.25) is 0 Å². The molecule has 4 rings (SSSR count). The van der Waals surface area contributed by atoms with Gasteiger partial charge in [-0.05, 0) is 48.1 Å². The number of fused-ring (bicyclic) bond motifs is 2. The van der Waals surface area contributed by atoms with Gasteiger partial charge in [-0.2, -0.15) is 0 Å². The van der Waals surface area contributed by atoms with Gasteiger partial charge in [-0.1, -0.05) is 50.2 Å². The summed E-state index contributed by atoms with van der Waals surface area (Å²) in [5, 5.41) is 7.08. The zero-order chi connectivity index (χ0) is 24.4. The Morgan fingerprint density at radius 3 is 2.79 bits per heavy atom. The first-order valence-corrected chi connectivity index (χ1v) is 11.9. The number of carbonyl (C=O) groups excluding carboxylic acids is 2. The lowest BCUT2D eigenvalue weighted by Crippen LogP contribution is -2.39. The van der Waals surface area contributed by atoms with E-state index in [4.69, 9.17) is 9.57 Å². The SMILES string of the molecule is CCCNC(=O)COc1ccc(C2C=CC=C3C(=O)N4C(=C32)CC(=NOC)C4C(C)C)cc1C. The van der Waals surface area contributed by atoms with E-state index in [0.29, 0.717) is 18.7 Å². The van der Waals surface area contributed by atoms with E-state index in [2.05, 4.69) is 36.5 Å². The van der Waals surface area contributed by atoms with Crippen molar-refractivity contribution in [1.29, 1.82) is 0 Å². The normalized spacial score (nSPS) is 22.3. The third kappa shape index (κ3) is 4.27. The van der Waals surface area contributed by atoms with Crippen molar-refractivity contribution >= 4 is 17.5 Å². The summed E-state index contributed by atoms with van der Waals surface area (Å²) in [7, 11) is 1.55. The molecule has 0 bridgehead atoms. The summed E-state index contributed by atoms with van der Waals surface area (Å²) < 4.78 is 5.75. The van der Waals surface area contributed by atoms with Crippen molar-refractivity contribution in [3.8, 4) is 5.75 Å². The quantitative estimate of drug-likeness (QED) is 0.591. The third-order valence-corrected chi connectivity index (χ3v) is 6.52. The van der Waals surface area contributed by atoms with E-state index in [1.807, 2.05) is 43.0 Å². The molecule has 1 fully saturated rings. The van der Waals surface area contributed by atoms with Crippen LogP contribution < -0.4 is 10.1 Å². The van der Waals surface area contributed by atoms with Crippen LogP contribution in [-0.4, -0.2) is 48.7 Å². The van der Waals surface area contributed by atoms with Crippen LogP contribution in [0.25, 0.3) is 0 Å². The number of amides is 2. The number of benzene rings is 1. The van der Waals surface area contributed by atoms with E-state index in [9.17, 15) is 9.59 Å². The van der Waals surface area contributed by atoms with Crippen molar-refractivity contribution in [2.45, 2.75) is 52.5 Å². The first-order chi connectivity index (χ1) is 16.4. The Bertz CT molecular complexity index is 1110. The van der Waals surface area contributed by atoms with E-state index in [1.165, 1.54) is 0 Å². The molecule has 7 nitrogen and oxygen atoms in total. The van der Waals surface area contributed by atoms with Crippen LogP contribution in [0, 0.1) is 12.8 Å². The van der Waals surface area contributed by atoms with Gasteiger partial charge in [-0.3, -0.25) is 9.59 Å². The van der Waals surface area contributed by atoms with Gasteiger partial charge in [0.15, 0.2) is 6.61 Å². The minimum absolute atomic E-state index is 0.00658. The Morgan fingerprint density at radius 2 is 2.12 bits per heavy atom. The van der Waals surface area contributed by atoms with Gasteiger partial charge in [0.25, 0.3) is 11.8 Å². The van der Waals surface area contributed by atoms with Crippen molar-refractivity contribution in [2.24, 2.45) is 11.1 Å². The number of allylic oxidation sites excluding steroid dienone is 4. The molecule has 0 radical (unpaired) electrons. The number of carbonyl (C=O) groups is 2. The molecule has 1 aliphatic carbocycles. The van der Waals surface area contributed by atoms with Gasteiger partial charge in [0, 0.05) is 30.2 Å². The van der Waals surface area contributed by atoms with Crippen LogP contribution in [0.3, 0.4) is 0 Å². The number of oxime groups is 1. The smallest absolute Gasteiger partial charge is 0.259 e. The molecule has 3 aliphatic rings. The van der Waals surface area contributed by atoms with E-state index in [0.717, 1.165) is 40.1 Å². The monoisotopic (exact) mass is 463 g/mol. The highest BCUT2D eigenvalue weighted by Crippen LogP contribution is 2.48. The van der Waals surface area contributed by atoms with Crippen LogP contribution in [0.1, 0.15) is 50.7 Å². The second kappa shape index (κ2) is 9.87. The number of nitrogens with one attached hydrogen (secondary N) is 1. The molecule has 180 valence electrons. The van der Waals surface area contributed by atoms with Crippen LogP contribution in [0.4, 0.5) is 0 Å². The summed E-state index contributed by atoms with van der Waals surface area (Å²) >= 11 is 0. The Balaban J connectivity index is 1.63. The second-order valence-corrected chi connectivity index (χ2v) is 9.27. The molecule has 2 amide bonds. The second-order valence-electron chi connectivity index (χ2n) is 9.27. The minimum Gasteiger partial charge on any atom is -0.484 e. The molecule has 1 aromatic carbocycles. The molecular formula is C27H33N3O4. The third-order valence-electron chi connectivity index (χ3n) is 6.52. The summed E-state index contributed by atoms with van der Waals surface area (Å²) in [6.07, 6.45) is 7.51. The molecule has 0 spiro atoms. The number of nitrogens with zero attached hydrogens (tertiary/aromatic N) is 2. The first-order valence-electron chi connectivity index (χ1n) is 11.9. The summed E-state index contributed by atoms with van der Waals surface area (Å²) in [6.45, 7) is 8.83. The highest BCUT2D eigenvalue weighted by molar-refractivity contribution is 6.11. The highest BCUT2D eigenvalue weighted by atomic mass is 16.6. The molecule has 7 heteroatoms. The zero-order valence-electron chi connectivity index (χ0n) is 20.6. The van der Waals surface area contributed by atoms with E-state index < -0.39 is 0 Å². The number of rotatable bonds is 8. The van der Waals surface area contributed by atoms with Crippen LogP contribution in [-0.2, 0) is 14.4 Å². The molecule has 2 aliphatic heterocycles. The molecule has 2 heterocycles.